The predicted octanol–water partition coefficient (Wildman–Crippen LogP) is 0.333. The lowest BCUT2D eigenvalue weighted by molar-refractivity contribution is -0.148. The fourth-order valence-corrected chi connectivity index (χ4v) is 1.75. The van der Waals surface area contributed by atoms with Crippen molar-refractivity contribution in [3.05, 3.63) is 0 Å². The van der Waals surface area contributed by atoms with Gasteiger partial charge in [0.15, 0.2) is 0 Å². The summed E-state index contributed by atoms with van der Waals surface area (Å²) in [5, 5.41) is 9.05. The van der Waals surface area contributed by atoms with Crippen molar-refractivity contribution in [2.45, 2.75) is 19.8 Å². The SMILES string of the molecule is C#CC(=O)N1CCC(CC)(C(=O)O)C1. The molecular formula is C10H13NO3. The van der Waals surface area contributed by atoms with E-state index in [4.69, 9.17) is 11.5 Å². The van der Waals surface area contributed by atoms with Crippen LogP contribution < -0.4 is 0 Å². The number of aliphatic carboxylic acids is 1. The van der Waals surface area contributed by atoms with Crippen LogP contribution in [0.2, 0.25) is 0 Å². The standard InChI is InChI=1S/C10H13NO3/c1-3-8(12)11-6-5-10(4-2,7-11)9(13)14/h1H,4-7H2,2H3,(H,13,14). The van der Waals surface area contributed by atoms with Crippen molar-refractivity contribution in [3.8, 4) is 12.3 Å². The molecule has 1 N–H and O–H groups in total. The summed E-state index contributed by atoms with van der Waals surface area (Å²) in [5.41, 5.74) is -0.785. The Morgan fingerprint density at radius 3 is 2.64 bits per heavy atom. The highest BCUT2D eigenvalue weighted by atomic mass is 16.4. The molecule has 1 aliphatic rings. The summed E-state index contributed by atoms with van der Waals surface area (Å²) >= 11 is 0. The maximum Gasteiger partial charge on any atom is 0.311 e. The third-order valence-corrected chi connectivity index (χ3v) is 2.89. The topological polar surface area (TPSA) is 57.6 Å². The van der Waals surface area contributed by atoms with Crippen LogP contribution >= 0.6 is 0 Å². The Bertz CT molecular complexity index is 305. The summed E-state index contributed by atoms with van der Waals surface area (Å²) in [7, 11) is 0. The third kappa shape index (κ3) is 1.58. The summed E-state index contributed by atoms with van der Waals surface area (Å²) in [6, 6.07) is 0. The molecule has 1 amide bonds. The zero-order chi connectivity index (χ0) is 10.8. The Hall–Kier alpha value is -1.50. The first kappa shape index (κ1) is 10.6. The van der Waals surface area contributed by atoms with E-state index in [0.717, 1.165) is 0 Å². The molecule has 76 valence electrons. The van der Waals surface area contributed by atoms with E-state index >= 15 is 0 Å². The Morgan fingerprint density at radius 2 is 2.29 bits per heavy atom. The number of terminal acetylenes is 1. The molecule has 0 aromatic heterocycles. The number of carbonyl (C=O) groups is 2. The molecular weight excluding hydrogens is 182 g/mol. The van der Waals surface area contributed by atoms with Gasteiger partial charge in [-0.2, -0.15) is 0 Å². The molecule has 0 radical (unpaired) electrons. The monoisotopic (exact) mass is 195 g/mol. The average Bonchev–Trinajstić information content (AvgIpc) is 2.62. The Kier molecular flexibility index (Phi) is 2.80. The van der Waals surface area contributed by atoms with Gasteiger partial charge in [-0.3, -0.25) is 9.59 Å². The number of carboxylic acid groups (broad SMARTS) is 1. The maximum absolute atomic E-state index is 11.1. The fraction of sp³-hybridized carbons (Fsp3) is 0.600. The minimum Gasteiger partial charge on any atom is -0.481 e. The van der Waals surface area contributed by atoms with Crippen molar-refractivity contribution in [2.75, 3.05) is 13.1 Å². The lowest BCUT2D eigenvalue weighted by atomic mass is 9.84. The van der Waals surface area contributed by atoms with Gasteiger partial charge in [-0.15, -0.1) is 6.42 Å². The van der Waals surface area contributed by atoms with Gasteiger partial charge in [0, 0.05) is 13.1 Å². The molecule has 0 bridgehead atoms. The normalized spacial score (nSPS) is 25.9. The smallest absolute Gasteiger partial charge is 0.311 e. The van der Waals surface area contributed by atoms with E-state index in [-0.39, 0.29) is 6.54 Å². The van der Waals surface area contributed by atoms with Crippen LogP contribution in [0.15, 0.2) is 0 Å². The van der Waals surface area contributed by atoms with Gasteiger partial charge in [-0.1, -0.05) is 6.92 Å². The van der Waals surface area contributed by atoms with Crippen LogP contribution in [0.25, 0.3) is 0 Å². The van der Waals surface area contributed by atoms with Crippen LogP contribution in [0.5, 0.6) is 0 Å². The van der Waals surface area contributed by atoms with Gasteiger partial charge in [0.05, 0.1) is 5.41 Å². The summed E-state index contributed by atoms with van der Waals surface area (Å²) in [6.45, 7) is 2.50. The van der Waals surface area contributed by atoms with Crippen molar-refractivity contribution >= 4 is 11.9 Å². The number of likely N-dealkylation sites (tertiary alicyclic amines) is 1. The highest BCUT2D eigenvalue weighted by Crippen LogP contribution is 2.33. The van der Waals surface area contributed by atoms with Gasteiger partial charge >= 0.3 is 5.97 Å². The molecule has 1 fully saturated rings. The van der Waals surface area contributed by atoms with Crippen molar-refractivity contribution in [3.63, 3.8) is 0 Å². The molecule has 1 heterocycles. The molecule has 1 unspecified atom stereocenters. The van der Waals surface area contributed by atoms with E-state index in [1.807, 2.05) is 12.8 Å². The second-order valence-corrected chi connectivity index (χ2v) is 3.56. The molecule has 0 aromatic carbocycles. The molecule has 4 nitrogen and oxygen atoms in total. The zero-order valence-corrected chi connectivity index (χ0v) is 8.12. The second-order valence-electron chi connectivity index (χ2n) is 3.56. The summed E-state index contributed by atoms with van der Waals surface area (Å²) < 4.78 is 0. The molecule has 0 saturated carbocycles. The Morgan fingerprint density at radius 1 is 1.64 bits per heavy atom. The van der Waals surface area contributed by atoms with E-state index in [1.54, 1.807) is 0 Å². The van der Waals surface area contributed by atoms with E-state index in [1.165, 1.54) is 4.90 Å². The van der Waals surface area contributed by atoms with E-state index in [9.17, 15) is 9.59 Å². The highest BCUT2D eigenvalue weighted by molar-refractivity contribution is 5.93. The van der Waals surface area contributed by atoms with E-state index in [2.05, 4.69) is 0 Å². The lowest BCUT2D eigenvalue weighted by Crippen LogP contribution is -2.36. The highest BCUT2D eigenvalue weighted by Gasteiger charge is 2.44. The zero-order valence-electron chi connectivity index (χ0n) is 8.12. The van der Waals surface area contributed by atoms with Crippen LogP contribution in [-0.2, 0) is 9.59 Å². The van der Waals surface area contributed by atoms with Gasteiger partial charge < -0.3 is 10.0 Å². The number of nitrogens with zero attached hydrogens (tertiary/aromatic N) is 1. The number of hydrogen-bond donors (Lipinski definition) is 1. The summed E-state index contributed by atoms with van der Waals surface area (Å²) in [5.74, 6) is 0.746. The fourth-order valence-electron chi connectivity index (χ4n) is 1.75. The van der Waals surface area contributed by atoms with Crippen LogP contribution in [0.4, 0.5) is 0 Å². The average molecular weight is 195 g/mol. The Labute approximate surface area is 82.9 Å². The summed E-state index contributed by atoms with van der Waals surface area (Å²) in [6.07, 6.45) is 5.99. The molecule has 4 heteroatoms. The minimum atomic E-state index is -0.840. The van der Waals surface area contributed by atoms with Crippen LogP contribution in [0, 0.1) is 17.8 Å². The van der Waals surface area contributed by atoms with E-state index < -0.39 is 17.3 Å². The molecule has 1 aliphatic heterocycles. The molecule has 1 atom stereocenters. The van der Waals surface area contributed by atoms with Gasteiger partial charge in [-0.25, -0.2) is 0 Å². The largest absolute Gasteiger partial charge is 0.481 e. The number of rotatable bonds is 2. The van der Waals surface area contributed by atoms with Gasteiger partial charge in [0.2, 0.25) is 0 Å². The van der Waals surface area contributed by atoms with Crippen molar-refractivity contribution < 1.29 is 14.7 Å². The molecule has 0 aliphatic carbocycles. The van der Waals surface area contributed by atoms with Gasteiger partial charge in [0.1, 0.15) is 0 Å². The molecule has 1 saturated heterocycles. The van der Waals surface area contributed by atoms with Crippen LogP contribution in [0.3, 0.4) is 0 Å². The maximum atomic E-state index is 11.1. The van der Waals surface area contributed by atoms with Crippen LogP contribution in [0.1, 0.15) is 19.8 Å². The van der Waals surface area contributed by atoms with Gasteiger partial charge in [0.25, 0.3) is 5.91 Å². The van der Waals surface area contributed by atoms with Crippen molar-refractivity contribution in [1.82, 2.24) is 4.90 Å². The number of hydrogen-bond acceptors (Lipinski definition) is 2. The molecule has 1 rings (SSSR count). The number of carbonyl (C=O) groups excluding carboxylic acids is 1. The number of carboxylic acids is 1. The third-order valence-electron chi connectivity index (χ3n) is 2.89. The first-order valence-electron chi connectivity index (χ1n) is 4.54. The Balaban J connectivity index is 2.77. The van der Waals surface area contributed by atoms with Crippen LogP contribution in [-0.4, -0.2) is 35.0 Å². The predicted molar refractivity (Wildman–Crippen MR) is 50.4 cm³/mol. The quantitative estimate of drug-likeness (QED) is 0.646. The van der Waals surface area contributed by atoms with Crippen molar-refractivity contribution in [2.24, 2.45) is 5.41 Å². The second kappa shape index (κ2) is 3.70. The van der Waals surface area contributed by atoms with Gasteiger partial charge in [-0.05, 0) is 18.8 Å². The molecule has 0 aromatic rings. The minimum absolute atomic E-state index is 0.238. The first-order chi connectivity index (χ1) is 6.55. The first-order valence-corrected chi connectivity index (χ1v) is 4.54. The number of amides is 1. The van der Waals surface area contributed by atoms with E-state index in [0.29, 0.717) is 19.4 Å². The lowest BCUT2D eigenvalue weighted by Gasteiger charge is -2.21. The van der Waals surface area contributed by atoms with Crippen molar-refractivity contribution in [1.29, 1.82) is 0 Å². The molecule has 14 heavy (non-hydrogen) atoms. The summed E-state index contributed by atoms with van der Waals surface area (Å²) in [4.78, 5) is 23.6. The molecule has 0 spiro atoms.